The Balaban J connectivity index is 1.86. The number of nitrogens with zero attached hydrogens (tertiary/aromatic N) is 4. The van der Waals surface area contributed by atoms with E-state index >= 15 is 0 Å². The molecule has 0 saturated heterocycles. The van der Waals surface area contributed by atoms with Crippen LogP contribution in [-0.2, 0) is 6.54 Å². The molecule has 1 aromatic carbocycles. The third-order valence-electron chi connectivity index (χ3n) is 3.46. The summed E-state index contributed by atoms with van der Waals surface area (Å²) in [5.74, 6) is -2.50. The topological polar surface area (TPSA) is 136 Å². The van der Waals surface area contributed by atoms with E-state index in [1.807, 2.05) is 0 Å². The van der Waals surface area contributed by atoms with Crippen LogP contribution in [0.2, 0.25) is 0 Å². The maximum atomic E-state index is 13.3. The number of carbonyl (C=O) groups is 2. The molecule has 10 heteroatoms. The third-order valence-corrected chi connectivity index (χ3v) is 3.46. The van der Waals surface area contributed by atoms with Crippen molar-refractivity contribution in [1.82, 2.24) is 24.9 Å². The average Bonchev–Trinajstić information content (AvgIpc) is 2.94. The van der Waals surface area contributed by atoms with Gasteiger partial charge in [0.15, 0.2) is 5.69 Å². The second-order valence-electron chi connectivity index (χ2n) is 5.28. The number of carbonyl (C=O) groups excluding carboxylic acids is 1. The number of nitrogens with two attached hydrogens (primary N) is 1. The van der Waals surface area contributed by atoms with E-state index in [0.29, 0.717) is 11.1 Å². The van der Waals surface area contributed by atoms with Gasteiger partial charge in [0, 0.05) is 12.6 Å². The Morgan fingerprint density at radius 3 is 2.76 bits per heavy atom. The third kappa shape index (κ3) is 3.22. The number of nitrogen functional groups attached to an aromatic ring is 1. The second kappa shape index (κ2) is 6.15. The molecule has 2 heterocycles. The number of anilines is 1. The zero-order valence-corrected chi connectivity index (χ0v) is 13.0. The highest BCUT2D eigenvalue weighted by atomic mass is 19.1. The van der Waals surface area contributed by atoms with E-state index in [4.69, 9.17) is 5.73 Å². The smallest absolute Gasteiger partial charge is 0.354 e. The lowest BCUT2D eigenvalue weighted by molar-refractivity contribution is 0.0687. The zero-order valence-electron chi connectivity index (χ0n) is 13.0. The van der Waals surface area contributed by atoms with Gasteiger partial charge in [0.1, 0.15) is 11.5 Å². The van der Waals surface area contributed by atoms with Gasteiger partial charge in [-0.1, -0.05) is 12.1 Å². The van der Waals surface area contributed by atoms with E-state index in [2.05, 4.69) is 20.4 Å². The molecule has 0 unspecified atom stereocenters. The van der Waals surface area contributed by atoms with Crippen molar-refractivity contribution in [3.05, 3.63) is 52.6 Å². The molecule has 0 aliphatic rings. The van der Waals surface area contributed by atoms with Crippen LogP contribution in [0.5, 0.6) is 0 Å². The lowest BCUT2D eigenvalue weighted by Gasteiger charge is -2.07. The Kier molecular flexibility index (Phi) is 4.01. The Bertz CT molecular complexity index is 1000. The molecule has 0 saturated carbocycles. The number of hydrogen-bond acceptors (Lipinski definition) is 6. The first-order valence-electron chi connectivity index (χ1n) is 7.15. The number of benzene rings is 1. The van der Waals surface area contributed by atoms with Crippen LogP contribution in [0.25, 0.3) is 5.78 Å². The molecule has 4 N–H and O–H groups in total. The lowest BCUT2D eigenvalue weighted by atomic mass is 10.1. The van der Waals surface area contributed by atoms with Crippen molar-refractivity contribution < 1.29 is 19.1 Å². The normalized spacial score (nSPS) is 10.8. The molecule has 0 spiro atoms. The Hall–Kier alpha value is -3.56. The number of aryl methyl sites for hydroxylation is 1. The minimum absolute atomic E-state index is 0.0971. The van der Waals surface area contributed by atoms with Crippen molar-refractivity contribution in [2.75, 3.05) is 5.73 Å². The van der Waals surface area contributed by atoms with E-state index < -0.39 is 11.9 Å². The predicted molar refractivity (Wildman–Crippen MR) is 84.5 cm³/mol. The molecule has 0 aliphatic carbocycles. The SMILES string of the molecule is Cc1cc(CNC(=O)c2cc(C(=O)O)n3nc(N)nc3n2)ccc1F. The van der Waals surface area contributed by atoms with Crippen molar-refractivity contribution >= 4 is 23.6 Å². The minimum Gasteiger partial charge on any atom is -0.477 e. The number of rotatable bonds is 4. The fourth-order valence-corrected chi connectivity index (χ4v) is 2.24. The van der Waals surface area contributed by atoms with Gasteiger partial charge in [0.2, 0.25) is 5.95 Å². The standard InChI is InChI=1S/C15H13FN6O3/c1-7-4-8(2-3-9(7)16)6-18-12(23)10-5-11(13(24)25)22-15(19-10)20-14(17)21-22/h2-5H,6H2,1H3,(H2,17,21)(H,18,23)(H,24,25). The molecule has 0 atom stereocenters. The number of aromatic carboxylic acids is 1. The first kappa shape index (κ1) is 16.3. The molecular formula is C15H13FN6O3. The average molecular weight is 344 g/mol. The summed E-state index contributed by atoms with van der Waals surface area (Å²) in [4.78, 5) is 31.3. The minimum atomic E-state index is -1.31. The highest BCUT2D eigenvalue weighted by molar-refractivity contribution is 5.95. The van der Waals surface area contributed by atoms with Gasteiger partial charge in [0.25, 0.3) is 11.7 Å². The molecular weight excluding hydrogens is 331 g/mol. The zero-order chi connectivity index (χ0) is 18.1. The largest absolute Gasteiger partial charge is 0.477 e. The number of carboxylic acid groups (broad SMARTS) is 1. The number of fused-ring (bicyclic) bond motifs is 1. The summed E-state index contributed by atoms with van der Waals surface area (Å²) in [6, 6.07) is 5.53. The summed E-state index contributed by atoms with van der Waals surface area (Å²) in [5.41, 5.74) is 6.15. The first-order chi connectivity index (χ1) is 11.8. The van der Waals surface area contributed by atoms with Crippen LogP contribution >= 0.6 is 0 Å². The number of nitrogens with one attached hydrogen (secondary N) is 1. The van der Waals surface area contributed by atoms with E-state index in [0.717, 1.165) is 10.6 Å². The number of carboxylic acids is 1. The lowest BCUT2D eigenvalue weighted by Crippen LogP contribution is -2.25. The Labute approximate surface area is 140 Å². The maximum Gasteiger partial charge on any atom is 0.354 e. The molecule has 0 aliphatic heterocycles. The maximum absolute atomic E-state index is 13.3. The summed E-state index contributed by atoms with van der Waals surface area (Å²) in [7, 11) is 0. The van der Waals surface area contributed by atoms with Crippen LogP contribution in [0.4, 0.5) is 10.3 Å². The van der Waals surface area contributed by atoms with Crippen molar-refractivity contribution in [1.29, 1.82) is 0 Å². The van der Waals surface area contributed by atoms with Crippen LogP contribution < -0.4 is 11.1 Å². The van der Waals surface area contributed by atoms with E-state index in [9.17, 15) is 19.1 Å². The van der Waals surface area contributed by atoms with Crippen molar-refractivity contribution in [2.24, 2.45) is 0 Å². The van der Waals surface area contributed by atoms with Crippen LogP contribution in [-0.4, -0.2) is 36.6 Å². The quantitative estimate of drug-likeness (QED) is 0.636. The summed E-state index contributed by atoms with van der Waals surface area (Å²) >= 11 is 0. The molecule has 0 radical (unpaired) electrons. The number of halogens is 1. The number of hydrogen-bond donors (Lipinski definition) is 3. The van der Waals surface area contributed by atoms with Gasteiger partial charge in [-0.3, -0.25) is 4.79 Å². The van der Waals surface area contributed by atoms with Gasteiger partial charge in [0.05, 0.1) is 0 Å². The Morgan fingerprint density at radius 2 is 2.08 bits per heavy atom. The Morgan fingerprint density at radius 1 is 1.32 bits per heavy atom. The van der Waals surface area contributed by atoms with Gasteiger partial charge in [-0.15, -0.1) is 5.10 Å². The molecule has 0 fully saturated rings. The van der Waals surface area contributed by atoms with E-state index in [-0.39, 0.29) is 35.5 Å². The fourth-order valence-electron chi connectivity index (χ4n) is 2.24. The molecule has 0 bridgehead atoms. The van der Waals surface area contributed by atoms with Crippen LogP contribution in [0.3, 0.4) is 0 Å². The van der Waals surface area contributed by atoms with Crippen LogP contribution in [0.15, 0.2) is 24.3 Å². The molecule has 1 amide bonds. The van der Waals surface area contributed by atoms with Crippen molar-refractivity contribution in [3.63, 3.8) is 0 Å². The van der Waals surface area contributed by atoms with Gasteiger partial charge in [-0.05, 0) is 24.1 Å². The second-order valence-corrected chi connectivity index (χ2v) is 5.28. The van der Waals surface area contributed by atoms with Gasteiger partial charge < -0.3 is 16.2 Å². The van der Waals surface area contributed by atoms with E-state index in [1.165, 1.54) is 6.07 Å². The summed E-state index contributed by atoms with van der Waals surface area (Å²) in [6.45, 7) is 1.75. The van der Waals surface area contributed by atoms with Crippen LogP contribution in [0, 0.1) is 12.7 Å². The van der Waals surface area contributed by atoms with Crippen molar-refractivity contribution in [3.8, 4) is 0 Å². The highest BCUT2D eigenvalue weighted by Gasteiger charge is 2.18. The molecule has 2 aromatic heterocycles. The van der Waals surface area contributed by atoms with Gasteiger partial charge in [-0.2, -0.15) is 9.50 Å². The number of amides is 1. The predicted octanol–water partition coefficient (Wildman–Crippen LogP) is 0.782. The highest BCUT2D eigenvalue weighted by Crippen LogP contribution is 2.11. The first-order valence-corrected chi connectivity index (χ1v) is 7.15. The monoisotopic (exact) mass is 344 g/mol. The van der Waals surface area contributed by atoms with Gasteiger partial charge in [-0.25, -0.2) is 14.2 Å². The van der Waals surface area contributed by atoms with E-state index in [1.54, 1.807) is 19.1 Å². The van der Waals surface area contributed by atoms with Gasteiger partial charge >= 0.3 is 5.97 Å². The molecule has 9 nitrogen and oxygen atoms in total. The summed E-state index contributed by atoms with van der Waals surface area (Å²) < 4.78 is 14.2. The summed E-state index contributed by atoms with van der Waals surface area (Å²) in [6.07, 6.45) is 0. The molecule has 3 aromatic rings. The number of aromatic nitrogens is 4. The fraction of sp³-hybridized carbons (Fsp3) is 0.133. The van der Waals surface area contributed by atoms with Crippen molar-refractivity contribution in [2.45, 2.75) is 13.5 Å². The van der Waals surface area contributed by atoms with Crippen LogP contribution in [0.1, 0.15) is 32.1 Å². The molecule has 25 heavy (non-hydrogen) atoms. The summed E-state index contributed by atoms with van der Waals surface area (Å²) in [5, 5.41) is 15.6. The molecule has 3 rings (SSSR count). The molecule has 128 valence electrons.